The van der Waals surface area contributed by atoms with Crippen LogP contribution in [0.3, 0.4) is 0 Å². The lowest BCUT2D eigenvalue weighted by atomic mass is 9.56. The third-order valence-corrected chi connectivity index (χ3v) is 6.86. The minimum atomic E-state index is -0.769. The highest BCUT2D eigenvalue weighted by molar-refractivity contribution is 9.12. The van der Waals surface area contributed by atoms with Crippen molar-refractivity contribution >= 4 is 39.1 Å². The van der Waals surface area contributed by atoms with Gasteiger partial charge in [-0.2, -0.15) is 0 Å². The van der Waals surface area contributed by atoms with Crippen LogP contribution in [0.4, 0.5) is 0 Å². The maximum atomic E-state index is 13.4. The van der Waals surface area contributed by atoms with Crippen LogP contribution in [0, 0.1) is 0 Å². The summed E-state index contributed by atoms with van der Waals surface area (Å²) in [6.45, 7) is 0. The molecule has 0 saturated carbocycles. The summed E-state index contributed by atoms with van der Waals surface area (Å²) in [6, 6.07) is 7.36. The fraction of sp³-hybridized carbons (Fsp3) is 0.217. The van der Waals surface area contributed by atoms with Crippen molar-refractivity contribution in [3.8, 4) is 0 Å². The molecular weight excluding hydrogens is 450 g/mol. The summed E-state index contributed by atoms with van der Waals surface area (Å²) in [5.41, 5.74) is 2.92. The SMILES string of the molecule is COC1=C(Br)C(=O)C2=C(C1=O)C1C3=C(C(=O)C(N(C)C)=CC3=O)C2c2ccccc21. The summed E-state index contributed by atoms with van der Waals surface area (Å²) in [4.78, 5) is 54.8. The fourth-order valence-corrected chi connectivity index (χ4v) is 5.52. The summed E-state index contributed by atoms with van der Waals surface area (Å²) < 4.78 is 5.25. The van der Waals surface area contributed by atoms with Crippen molar-refractivity contribution < 1.29 is 23.9 Å². The van der Waals surface area contributed by atoms with E-state index in [9.17, 15) is 19.2 Å². The van der Waals surface area contributed by atoms with Gasteiger partial charge in [-0.15, -0.1) is 0 Å². The van der Waals surface area contributed by atoms with Gasteiger partial charge >= 0.3 is 0 Å². The molecule has 6 rings (SSSR count). The van der Waals surface area contributed by atoms with Crippen LogP contribution in [0.5, 0.6) is 0 Å². The molecule has 5 aliphatic carbocycles. The Bertz CT molecular complexity index is 1240. The topological polar surface area (TPSA) is 80.8 Å². The number of rotatable bonds is 2. The fourth-order valence-electron chi connectivity index (χ4n) is 4.97. The van der Waals surface area contributed by atoms with Crippen LogP contribution in [0.25, 0.3) is 0 Å². The van der Waals surface area contributed by atoms with Gasteiger partial charge in [0.15, 0.2) is 11.5 Å². The molecular formula is C23H16BrNO5. The minimum absolute atomic E-state index is 0.0406. The van der Waals surface area contributed by atoms with Crippen molar-refractivity contribution in [2.24, 2.45) is 0 Å². The Hall–Kier alpha value is -3.06. The molecule has 2 atom stereocenters. The Morgan fingerprint density at radius 1 is 0.833 bits per heavy atom. The van der Waals surface area contributed by atoms with Crippen molar-refractivity contribution in [1.82, 2.24) is 4.90 Å². The van der Waals surface area contributed by atoms with Gasteiger partial charge in [-0.05, 0) is 27.1 Å². The number of likely N-dealkylation sites (N-methyl/N-ethyl adjacent to an activating group) is 1. The predicted molar refractivity (Wildman–Crippen MR) is 111 cm³/mol. The molecule has 0 aromatic heterocycles. The first-order valence-corrected chi connectivity index (χ1v) is 10.2. The molecule has 2 unspecified atom stereocenters. The van der Waals surface area contributed by atoms with E-state index in [1.807, 2.05) is 24.3 Å². The van der Waals surface area contributed by atoms with Crippen LogP contribution in [0.1, 0.15) is 23.0 Å². The second-order valence-electron chi connectivity index (χ2n) is 7.77. The molecule has 6 nitrogen and oxygen atoms in total. The number of carbonyl (C=O) groups excluding carboxylic acids is 4. The van der Waals surface area contributed by atoms with E-state index in [2.05, 4.69) is 15.9 Å². The lowest BCUT2D eigenvalue weighted by molar-refractivity contribution is -0.120. The summed E-state index contributed by atoms with van der Waals surface area (Å²) in [5.74, 6) is -3.03. The van der Waals surface area contributed by atoms with Gasteiger partial charge in [0.05, 0.1) is 12.8 Å². The highest BCUT2D eigenvalue weighted by atomic mass is 79.9. The van der Waals surface area contributed by atoms with Gasteiger partial charge in [-0.25, -0.2) is 0 Å². The van der Waals surface area contributed by atoms with E-state index < -0.39 is 23.4 Å². The van der Waals surface area contributed by atoms with E-state index in [0.717, 1.165) is 11.1 Å². The second kappa shape index (κ2) is 6.22. The van der Waals surface area contributed by atoms with Gasteiger partial charge in [0.25, 0.3) is 0 Å². The van der Waals surface area contributed by atoms with Gasteiger partial charge in [-0.3, -0.25) is 19.2 Å². The molecule has 0 amide bonds. The van der Waals surface area contributed by atoms with Gasteiger partial charge in [0, 0.05) is 54.3 Å². The van der Waals surface area contributed by atoms with Crippen LogP contribution in [-0.4, -0.2) is 49.2 Å². The maximum Gasteiger partial charge on any atom is 0.226 e. The summed E-state index contributed by atoms with van der Waals surface area (Å²) in [5, 5.41) is 0. The molecule has 1 aromatic rings. The summed E-state index contributed by atoms with van der Waals surface area (Å²) >= 11 is 3.21. The number of benzene rings is 1. The number of Topliss-reactive ketones (excluding diaryl/α,β-unsaturated/α-hetero) is 3. The lowest BCUT2D eigenvalue weighted by Crippen LogP contribution is -2.43. The highest BCUT2D eigenvalue weighted by Crippen LogP contribution is 2.59. The highest BCUT2D eigenvalue weighted by Gasteiger charge is 2.55. The largest absolute Gasteiger partial charge is 0.491 e. The Balaban J connectivity index is 1.82. The lowest BCUT2D eigenvalue weighted by Gasteiger charge is -2.45. The zero-order chi connectivity index (χ0) is 21.5. The quantitative estimate of drug-likeness (QED) is 0.624. The number of hydrogen-bond acceptors (Lipinski definition) is 6. The predicted octanol–water partition coefficient (Wildman–Crippen LogP) is 2.48. The normalized spacial score (nSPS) is 24.7. The molecule has 0 spiro atoms. The first kappa shape index (κ1) is 18.9. The average Bonchev–Trinajstić information content (AvgIpc) is 2.73. The molecule has 0 radical (unpaired) electrons. The van der Waals surface area contributed by atoms with E-state index >= 15 is 0 Å². The monoisotopic (exact) mass is 465 g/mol. The van der Waals surface area contributed by atoms with E-state index in [1.165, 1.54) is 13.2 Å². The zero-order valence-corrected chi connectivity index (χ0v) is 18.0. The minimum Gasteiger partial charge on any atom is -0.491 e. The molecule has 150 valence electrons. The molecule has 0 heterocycles. The average molecular weight is 466 g/mol. The molecule has 0 saturated heterocycles. The van der Waals surface area contributed by atoms with Crippen molar-refractivity contribution in [2.75, 3.05) is 21.2 Å². The molecule has 30 heavy (non-hydrogen) atoms. The number of allylic oxidation sites excluding steroid dienone is 6. The Morgan fingerprint density at radius 2 is 1.37 bits per heavy atom. The van der Waals surface area contributed by atoms with E-state index in [0.29, 0.717) is 11.1 Å². The van der Waals surface area contributed by atoms with Crippen molar-refractivity contribution in [1.29, 1.82) is 0 Å². The van der Waals surface area contributed by atoms with Crippen molar-refractivity contribution in [3.63, 3.8) is 0 Å². The summed E-state index contributed by atoms with van der Waals surface area (Å²) in [7, 11) is 4.72. The maximum absolute atomic E-state index is 13.4. The van der Waals surface area contributed by atoms with Gasteiger partial charge < -0.3 is 9.64 Å². The Kier molecular flexibility index (Phi) is 3.92. The molecule has 7 heteroatoms. The Morgan fingerprint density at radius 3 is 1.93 bits per heavy atom. The van der Waals surface area contributed by atoms with Gasteiger partial charge in [-0.1, -0.05) is 24.3 Å². The number of carbonyl (C=O) groups is 4. The van der Waals surface area contributed by atoms with Crippen LogP contribution in [-0.2, 0) is 23.9 Å². The molecule has 0 N–H and O–H groups in total. The zero-order valence-electron chi connectivity index (χ0n) is 16.4. The standard InChI is InChI=1S/C23H16BrNO5/c1-25(2)11-8-12(26)15-13-9-6-4-5-7-10(9)14(16(15)20(11)27)17-18(13)22(29)23(30-3)19(24)21(17)28/h4-8,13-14H,1-3H3. The molecule has 1 aromatic carbocycles. The number of nitrogens with zero attached hydrogens (tertiary/aromatic N) is 1. The van der Waals surface area contributed by atoms with Gasteiger partial charge in [0.1, 0.15) is 4.48 Å². The second-order valence-corrected chi connectivity index (χ2v) is 8.57. The van der Waals surface area contributed by atoms with Crippen LogP contribution in [0.2, 0.25) is 0 Å². The third-order valence-electron chi connectivity index (χ3n) is 6.14. The van der Waals surface area contributed by atoms with E-state index in [-0.39, 0.29) is 38.7 Å². The molecule has 2 bridgehead atoms. The Labute approximate surface area is 180 Å². The first-order valence-electron chi connectivity index (χ1n) is 9.37. The molecule has 0 aliphatic heterocycles. The molecule has 0 fully saturated rings. The van der Waals surface area contributed by atoms with Crippen molar-refractivity contribution in [3.05, 3.63) is 79.7 Å². The van der Waals surface area contributed by atoms with Crippen LogP contribution < -0.4 is 0 Å². The number of halogens is 1. The first-order chi connectivity index (χ1) is 14.3. The number of ketones is 4. The number of hydrogen-bond donors (Lipinski definition) is 0. The van der Waals surface area contributed by atoms with Gasteiger partial charge in [0.2, 0.25) is 17.3 Å². The van der Waals surface area contributed by atoms with E-state index in [1.54, 1.807) is 19.0 Å². The van der Waals surface area contributed by atoms with Crippen molar-refractivity contribution in [2.45, 2.75) is 11.8 Å². The molecule has 5 aliphatic rings. The smallest absolute Gasteiger partial charge is 0.226 e. The van der Waals surface area contributed by atoms with Crippen LogP contribution in [0.15, 0.2) is 68.6 Å². The van der Waals surface area contributed by atoms with E-state index in [4.69, 9.17) is 4.74 Å². The van der Waals surface area contributed by atoms with Crippen LogP contribution >= 0.6 is 15.9 Å². The number of methoxy groups -OCH3 is 1. The summed E-state index contributed by atoms with van der Waals surface area (Å²) in [6.07, 6.45) is 1.32. The third kappa shape index (κ3) is 2.13. The number of ether oxygens (including phenoxy) is 1.